The molecule has 0 spiro atoms. The van der Waals surface area contributed by atoms with Gasteiger partial charge in [0.2, 0.25) is 0 Å². The summed E-state index contributed by atoms with van der Waals surface area (Å²) in [6, 6.07) is 4.82. The van der Waals surface area contributed by atoms with Crippen LogP contribution in [0.1, 0.15) is 39.5 Å². The highest BCUT2D eigenvalue weighted by Gasteiger charge is 2.31. The number of nitrogens with two attached hydrogens (primary N) is 1. The summed E-state index contributed by atoms with van der Waals surface area (Å²) in [6.45, 7) is 0.407. The summed E-state index contributed by atoms with van der Waals surface area (Å²) in [5, 5.41) is 14.6. The third-order valence-electron chi connectivity index (χ3n) is 4.62. The molecule has 1 aliphatic rings. The maximum absolute atomic E-state index is 12.8. The number of hydrogen-bond donors (Lipinski definition) is 3. The van der Waals surface area contributed by atoms with E-state index < -0.39 is 17.8 Å². The van der Waals surface area contributed by atoms with Crippen LogP contribution in [0.5, 0.6) is 0 Å². The number of aliphatic hydroxyl groups excluding tert-OH is 1. The van der Waals surface area contributed by atoms with E-state index in [0.29, 0.717) is 30.0 Å². The standard InChI is InChI=1S/C18H20F3N3O2S/c19-18(20,21)12-3-1-2-10(4-12)7-16-24-14(9-27-16)17(26)23-8-11-5-13(22)15(25)6-11/h1-4,9,11,13,15,25H,5-8,22H2,(H,23,26)/t11-,13+,15+/m0/s1. The first-order valence-electron chi connectivity index (χ1n) is 8.54. The van der Waals surface area contributed by atoms with Crippen molar-refractivity contribution in [3.63, 3.8) is 0 Å². The quantitative estimate of drug-likeness (QED) is 0.721. The van der Waals surface area contributed by atoms with E-state index in [4.69, 9.17) is 5.73 Å². The van der Waals surface area contributed by atoms with Crippen LogP contribution in [0.4, 0.5) is 13.2 Å². The SMILES string of the molecule is N[C@@H]1C[C@H](CNC(=O)c2csc(Cc3cccc(C(F)(F)F)c3)n2)C[C@H]1O. The molecule has 1 aromatic carbocycles. The van der Waals surface area contributed by atoms with Crippen molar-refractivity contribution in [1.82, 2.24) is 10.3 Å². The zero-order chi connectivity index (χ0) is 19.6. The Morgan fingerprint density at radius 2 is 2.15 bits per heavy atom. The number of carbonyl (C=O) groups is 1. The molecule has 0 bridgehead atoms. The number of aromatic nitrogens is 1. The second kappa shape index (κ2) is 7.95. The smallest absolute Gasteiger partial charge is 0.392 e. The van der Waals surface area contributed by atoms with Crippen molar-refractivity contribution >= 4 is 17.2 Å². The molecule has 4 N–H and O–H groups in total. The molecule has 146 valence electrons. The van der Waals surface area contributed by atoms with E-state index in [1.165, 1.54) is 17.4 Å². The zero-order valence-electron chi connectivity index (χ0n) is 14.4. The van der Waals surface area contributed by atoms with E-state index in [0.717, 1.165) is 12.1 Å². The van der Waals surface area contributed by atoms with Crippen LogP contribution in [0.25, 0.3) is 0 Å². The van der Waals surface area contributed by atoms with Gasteiger partial charge in [-0.1, -0.05) is 18.2 Å². The highest BCUT2D eigenvalue weighted by atomic mass is 32.1. The largest absolute Gasteiger partial charge is 0.416 e. The molecule has 1 heterocycles. The molecule has 0 radical (unpaired) electrons. The van der Waals surface area contributed by atoms with Crippen molar-refractivity contribution in [2.75, 3.05) is 6.54 Å². The Labute approximate surface area is 158 Å². The molecule has 5 nitrogen and oxygen atoms in total. The van der Waals surface area contributed by atoms with Crippen LogP contribution in [0.3, 0.4) is 0 Å². The molecule has 2 aromatic rings. The van der Waals surface area contributed by atoms with Gasteiger partial charge in [-0.3, -0.25) is 4.79 Å². The average Bonchev–Trinajstić information content (AvgIpc) is 3.19. The highest BCUT2D eigenvalue weighted by Crippen LogP contribution is 2.30. The van der Waals surface area contributed by atoms with Crippen molar-refractivity contribution < 1.29 is 23.1 Å². The summed E-state index contributed by atoms with van der Waals surface area (Å²) in [7, 11) is 0. The fraction of sp³-hybridized carbons (Fsp3) is 0.444. The maximum Gasteiger partial charge on any atom is 0.416 e. The lowest BCUT2D eigenvalue weighted by Crippen LogP contribution is -2.29. The summed E-state index contributed by atoms with van der Waals surface area (Å²) in [5.74, 6) is -0.210. The Hall–Kier alpha value is -1.97. The van der Waals surface area contributed by atoms with Crippen molar-refractivity contribution in [3.8, 4) is 0 Å². The number of nitrogens with one attached hydrogen (secondary N) is 1. The van der Waals surface area contributed by atoms with Crippen molar-refractivity contribution in [3.05, 3.63) is 51.5 Å². The number of carbonyl (C=O) groups excluding carboxylic acids is 1. The summed E-state index contributed by atoms with van der Waals surface area (Å²) in [5.41, 5.74) is 5.78. The Morgan fingerprint density at radius 1 is 1.37 bits per heavy atom. The molecule has 0 saturated heterocycles. The predicted molar refractivity (Wildman–Crippen MR) is 95.4 cm³/mol. The van der Waals surface area contributed by atoms with Gasteiger partial charge in [0, 0.05) is 24.4 Å². The molecule has 0 aliphatic heterocycles. The van der Waals surface area contributed by atoms with E-state index >= 15 is 0 Å². The maximum atomic E-state index is 12.8. The van der Waals surface area contributed by atoms with Gasteiger partial charge in [-0.05, 0) is 30.4 Å². The first kappa shape index (κ1) is 19.8. The topological polar surface area (TPSA) is 88.2 Å². The number of benzene rings is 1. The molecule has 27 heavy (non-hydrogen) atoms. The number of thiazole rings is 1. The molecule has 3 atom stereocenters. The summed E-state index contributed by atoms with van der Waals surface area (Å²) in [4.78, 5) is 16.4. The van der Waals surface area contributed by atoms with Crippen LogP contribution >= 0.6 is 11.3 Å². The number of alkyl halides is 3. The number of hydrogen-bond acceptors (Lipinski definition) is 5. The van der Waals surface area contributed by atoms with Gasteiger partial charge in [0.25, 0.3) is 5.91 Å². The van der Waals surface area contributed by atoms with Crippen molar-refractivity contribution in [2.24, 2.45) is 11.7 Å². The van der Waals surface area contributed by atoms with E-state index in [-0.39, 0.29) is 30.0 Å². The lowest BCUT2D eigenvalue weighted by atomic mass is 10.1. The van der Waals surface area contributed by atoms with Crippen LogP contribution in [0, 0.1) is 5.92 Å². The molecular formula is C18H20F3N3O2S. The number of amides is 1. The minimum absolute atomic E-state index is 0.127. The Bertz CT molecular complexity index is 799. The molecule has 1 amide bonds. The molecule has 1 saturated carbocycles. The molecule has 1 aromatic heterocycles. The van der Waals surface area contributed by atoms with Gasteiger partial charge in [-0.15, -0.1) is 11.3 Å². The fourth-order valence-electron chi connectivity index (χ4n) is 3.18. The number of halogens is 3. The van der Waals surface area contributed by atoms with Gasteiger partial charge in [0.1, 0.15) is 5.69 Å². The van der Waals surface area contributed by atoms with Crippen molar-refractivity contribution in [2.45, 2.75) is 37.6 Å². The van der Waals surface area contributed by atoms with Gasteiger partial charge in [-0.2, -0.15) is 13.2 Å². The van der Waals surface area contributed by atoms with Crippen LogP contribution in [0.15, 0.2) is 29.6 Å². The zero-order valence-corrected chi connectivity index (χ0v) is 15.2. The monoisotopic (exact) mass is 399 g/mol. The normalized spacial score (nSPS) is 22.8. The number of rotatable bonds is 5. The first-order chi connectivity index (χ1) is 12.7. The summed E-state index contributed by atoms with van der Waals surface area (Å²) < 4.78 is 38.4. The molecular weight excluding hydrogens is 379 g/mol. The third-order valence-corrected chi connectivity index (χ3v) is 5.47. The van der Waals surface area contributed by atoms with Gasteiger partial charge < -0.3 is 16.2 Å². The predicted octanol–water partition coefficient (Wildman–Crippen LogP) is 2.58. The van der Waals surface area contributed by atoms with E-state index in [1.807, 2.05) is 0 Å². The van der Waals surface area contributed by atoms with E-state index in [2.05, 4.69) is 10.3 Å². The summed E-state index contributed by atoms with van der Waals surface area (Å²) in [6.07, 6.45) is -3.49. The molecule has 3 rings (SSSR count). The number of aliphatic hydroxyl groups is 1. The fourth-order valence-corrected chi connectivity index (χ4v) is 3.99. The Morgan fingerprint density at radius 3 is 2.81 bits per heavy atom. The molecule has 1 aliphatic carbocycles. The molecule has 0 unspecified atom stereocenters. The summed E-state index contributed by atoms with van der Waals surface area (Å²) >= 11 is 1.23. The van der Waals surface area contributed by atoms with Gasteiger partial charge in [-0.25, -0.2) is 4.98 Å². The second-order valence-electron chi connectivity index (χ2n) is 6.78. The Balaban J connectivity index is 1.57. The highest BCUT2D eigenvalue weighted by molar-refractivity contribution is 7.09. The average molecular weight is 399 g/mol. The van der Waals surface area contributed by atoms with Crippen LogP contribution in [-0.2, 0) is 12.6 Å². The Kier molecular flexibility index (Phi) is 5.83. The molecule has 1 fully saturated rings. The van der Waals surface area contributed by atoms with Gasteiger partial charge in [0.05, 0.1) is 16.7 Å². The third kappa shape index (κ3) is 5.06. The minimum atomic E-state index is -4.39. The van der Waals surface area contributed by atoms with E-state index in [1.54, 1.807) is 11.4 Å². The number of nitrogens with zero attached hydrogens (tertiary/aromatic N) is 1. The van der Waals surface area contributed by atoms with Crippen LogP contribution in [0.2, 0.25) is 0 Å². The van der Waals surface area contributed by atoms with E-state index in [9.17, 15) is 23.1 Å². The lowest BCUT2D eigenvalue weighted by molar-refractivity contribution is -0.137. The van der Waals surface area contributed by atoms with Gasteiger partial charge in [0.15, 0.2) is 0 Å². The van der Waals surface area contributed by atoms with Crippen molar-refractivity contribution in [1.29, 1.82) is 0 Å². The lowest BCUT2D eigenvalue weighted by Gasteiger charge is -2.09. The molecule has 9 heteroatoms. The van der Waals surface area contributed by atoms with Crippen LogP contribution in [-0.4, -0.2) is 34.7 Å². The van der Waals surface area contributed by atoms with Crippen LogP contribution < -0.4 is 11.1 Å². The first-order valence-corrected chi connectivity index (χ1v) is 9.42. The second-order valence-corrected chi connectivity index (χ2v) is 7.72. The minimum Gasteiger partial charge on any atom is -0.392 e. The van der Waals surface area contributed by atoms with Gasteiger partial charge >= 0.3 is 6.18 Å².